The van der Waals surface area contributed by atoms with E-state index in [1.54, 1.807) is 54.6 Å². The van der Waals surface area contributed by atoms with Crippen molar-refractivity contribution >= 4 is 17.7 Å². The Morgan fingerprint density at radius 2 is 1.27 bits per heavy atom. The largest absolute Gasteiger partial charge is 0.494 e. The first-order valence-electron chi connectivity index (χ1n) is 14.2. The summed E-state index contributed by atoms with van der Waals surface area (Å²) in [5.41, 5.74) is 3.82. The molecule has 0 saturated carbocycles. The molecule has 9 nitrogen and oxygen atoms in total. The van der Waals surface area contributed by atoms with Crippen LogP contribution in [0.5, 0.6) is 17.2 Å². The molecule has 4 rings (SSSR count). The number of benzene rings is 3. The predicted molar refractivity (Wildman–Crippen MR) is 165 cm³/mol. The van der Waals surface area contributed by atoms with Gasteiger partial charge in [-0.15, -0.1) is 0 Å². The summed E-state index contributed by atoms with van der Waals surface area (Å²) >= 11 is 0. The van der Waals surface area contributed by atoms with Gasteiger partial charge >= 0.3 is 11.9 Å². The molecule has 230 valence electrons. The summed E-state index contributed by atoms with van der Waals surface area (Å²) in [6.45, 7) is 4.49. The van der Waals surface area contributed by atoms with E-state index in [9.17, 15) is 14.4 Å². The molecule has 0 atom stereocenters. The maximum atomic E-state index is 13.2. The molecule has 0 spiro atoms. The molecule has 3 aromatic carbocycles. The van der Waals surface area contributed by atoms with E-state index in [-0.39, 0.29) is 5.78 Å². The number of methoxy groups -OCH3 is 4. The van der Waals surface area contributed by atoms with E-state index in [0.29, 0.717) is 76.1 Å². The smallest absolute Gasteiger partial charge is 0.336 e. The second-order valence-corrected chi connectivity index (χ2v) is 10.1. The lowest BCUT2D eigenvalue weighted by Crippen LogP contribution is -2.36. The summed E-state index contributed by atoms with van der Waals surface area (Å²) < 4.78 is 27.2. The van der Waals surface area contributed by atoms with Crippen molar-refractivity contribution in [1.82, 2.24) is 4.90 Å². The minimum absolute atomic E-state index is 0.0546. The maximum absolute atomic E-state index is 13.2. The van der Waals surface area contributed by atoms with Crippen LogP contribution in [-0.4, -0.2) is 64.2 Å². The Morgan fingerprint density at radius 3 is 1.82 bits per heavy atom. The number of hydrogen-bond acceptors (Lipinski definition) is 9. The van der Waals surface area contributed by atoms with Gasteiger partial charge in [-0.25, -0.2) is 9.59 Å². The zero-order chi connectivity index (χ0) is 31.8. The first-order chi connectivity index (χ1) is 21.2. The molecular formula is C35H37NO8. The fourth-order valence-electron chi connectivity index (χ4n) is 5.43. The molecule has 0 unspecified atom stereocenters. The van der Waals surface area contributed by atoms with Gasteiger partial charge in [-0.2, -0.15) is 0 Å². The summed E-state index contributed by atoms with van der Waals surface area (Å²) in [5.74, 6) is -0.296. The van der Waals surface area contributed by atoms with Gasteiger partial charge in [0.15, 0.2) is 17.3 Å². The standard InChI is InChI=1S/C35H37NO8/c1-22-30(34(38)42-5)32(26-15-18-28(40-3)29(21-26)41-4)31(35(39)43-6)23(2)36(22)19-10-20-44-27-16-13-25(14-17-27)33(37)24-11-8-7-9-12-24/h7-9,11-18,21,32H,10,19-20H2,1-6H3. The highest BCUT2D eigenvalue weighted by Crippen LogP contribution is 2.44. The first kappa shape index (κ1) is 31.9. The van der Waals surface area contributed by atoms with Gasteiger partial charge in [0, 0.05) is 29.1 Å². The van der Waals surface area contributed by atoms with E-state index in [0.717, 1.165) is 0 Å². The van der Waals surface area contributed by atoms with Gasteiger partial charge in [0.25, 0.3) is 0 Å². The van der Waals surface area contributed by atoms with Crippen LogP contribution in [0.1, 0.15) is 47.7 Å². The Kier molecular flexibility index (Phi) is 10.4. The third-order valence-corrected chi connectivity index (χ3v) is 7.67. The van der Waals surface area contributed by atoms with Gasteiger partial charge in [0.1, 0.15) is 5.75 Å². The van der Waals surface area contributed by atoms with Crippen molar-refractivity contribution in [2.24, 2.45) is 0 Å². The fraction of sp³-hybridized carbons (Fsp3) is 0.286. The average Bonchev–Trinajstić information content (AvgIpc) is 3.06. The van der Waals surface area contributed by atoms with Crippen LogP contribution in [0.25, 0.3) is 0 Å². The number of ketones is 1. The molecular weight excluding hydrogens is 562 g/mol. The van der Waals surface area contributed by atoms with Crippen molar-refractivity contribution in [3.8, 4) is 17.2 Å². The van der Waals surface area contributed by atoms with Crippen LogP contribution in [0.15, 0.2) is 95.3 Å². The van der Waals surface area contributed by atoms with Gasteiger partial charge in [-0.05, 0) is 62.2 Å². The van der Waals surface area contributed by atoms with E-state index in [1.165, 1.54) is 28.4 Å². The molecule has 1 aliphatic heterocycles. The quantitative estimate of drug-likeness (QED) is 0.148. The highest BCUT2D eigenvalue weighted by molar-refractivity contribution is 6.09. The van der Waals surface area contributed by atoms with Crippen LogP contribution in [0, 0.1) is 0 Å². The number of allylic oxidation sites excluding steroid dienone is 2. The zero-order valence-electron chi connectivity index (χ0n) is 25.8. The van der Waals surface area contributed by atoms with E-state index in [4.69, 9.17) is 23.7 Å². The number of nitrogens with zero attached hydrogens (tertiary/aromatic N) is 1. The molecule has 0 bridgehead atoms. The third kappa shape index (κ3) is 6.62. The number of rotatable bonds is 12. The molecule has 0 aromatic heterocycles. The van der Waals surface area contributed by atoms with Crippen LogP contribution in [-0.2, 0) is 19.1 Å². The summed E-state index contributed by atoms with van der Waals surface area (Å²) in [4.78, 5) is 41.1. The highest BCUT2D eigenvalue weighted by atomic mass is 16.5. The van der Waals surface area contributed by atoms with Crippen molar-refractivity contribution in [3.63, 3.8) is 0 Å². The predicted octanol–water partition coefficient (Wildman–Crippen LogP) is 5.70. The maximum Gasteiger partial charge on any atom is 0.336 e. The summed E-state index contributed by atoms with van der Waals surface area (Å²) in [7, 11) is 5.69. The lowest BCUT2D eigenvalue weighted by atomic mass is 9.79. The normalized spacial score (nSPS) is 13.5. The monoisotopic (exact) mass is 599 g/mol. The Hall–Kier alpha value is -5.05. The van der Waals surface area contributed by atoms with Gasteiger partial charge in [-0.1, -0.05) is 36.4 Å². The Bertz CT molecular complexity index is 1530. The minimum Gasteiger partial charge on any atom is -0.494 e. The van der Waals surface area contributed by atoms with Crippen molar-refractivity contribution in [2.75, 3.05) is 41.6 Å². The SMILES string of the molecule is COC(=O)C1=C(C)N(CCCOc2ccc(C(=O)c3ccccc3)cc2)C(C)=C(C(=O)OC)C1c1ccc(OC)c(OC)c1. The van der Waals surface area contributed by atoms with Crippen LogP contribution in [0.4, 0.5) is 0 Å². The van der Waals surface area contributed by atoms with Crippen LogP contribution in [0.2, 0.25) is 0 Å². The minimum atomic E-state index is -0.751. The van der Waals surface area contributed by atoms with E-state index in [2.05, 4.69) is 0 Å². The van der Waals surface area contributed by atoms with Crippen LogP contribution < -0.4 is 14.2 Å². The van der Waals surface area contributed by atoms with Gasteiger partial charge in [0.05, 0.1) is 52.1 Å². The van der Waals surface area contributed by atoms with E-state index >= 15 is 0 Å². The van der Waals surface area contributed by atoms with Crippen molar-refractivity contribution < 1.29 is 38.1 Å². The Morgan fingerprint density at radius 1 is 0.705 bits per heavy atom. The van der Waals surface area contributed by atoms with Crippen molar-refractivity contribution in [1.29, 1.82) is 0 Å². The van der Waals surface area contributed by atoms with Gasteiger partial charge < -0.3 is 28.6 Å². The van der Waals surface area contributed by atoms with E-state index in [1.807, 2.05) is 36.9 Å². The molecule has 0 aliphatic carbocycles. The topological polar surface area (TPSA) is 101 Å². The van der Waals surface area contributed by atoms with Crippen LogP contribution in [0.3, 0.4) is 0 Å². The second kappa shape index (κ2) is 14.4. The average molecular weight is 600 g/mol. The molecule has 0 N–H and O–H groups in total. The lowest BCUT2D eigenvalue weighted by Gasteiger charge is -2.38. The summed E-state index contributed by atoms with van der Waals surface area (Å²) in [6, 6.07) is 21.4. The molecule has 1 heterocycles. The lowest BCUT2D eigenvalue weighted by molar-refractivity contribution is -0.137. The molecule has 1 aliphatic rings. The number of carbonyl (C=O) groups is 3. The summed E-state index contributed by atoms with van der Waals surface area (Å²) in [6.07, 6.45) is 0.573. The molecule has 44 heavy (non-hydrogen) atoms. The number of hydrogen-bond donors (Lipinski definition) is 0. The third-order valence-electron chi connectivity index (χ3n) is 7.67. The molecule has 0 saturated heterocycles. The first-order valence-corrected chi connectivity index (χ1v) is 14.2. The van der Waals surface area contributed by atoms with Crippen molar-refractivity contribution in [2.45, 2.75) is 26.2 Å². The Labute approximate surface area is 257 Å². The Balaban J connectivity index is 1.55. The second-order valence-electron chi connectivity index (χ2n) is 10.1. The van der Waals surface area contributed by atoms with Crippen LogP contribution >= 0.6 is 0 Å². The van der Waals surface area contributed by atoms with Crippen molar-refractivity contribution in [3.05, 3.63) is 112 Å². The van der Waals surface area contributed by atoms with Gasteiger partial charge in [-0.3, -0.25) is 4.79 Å². The molecule has 9 heteroatoms. The highest BCUT2D eigenvalue weighted by Gasteiger charge is 2.40. The number of carbonyl (C=O) groups excluding carboxylic acids is 3. The molecule has 0 fully saturated rings. The molecule has 0 amide bonds. The molecule has 3 aromatic rings. The summed E-state index contributed by atoms with van der Waals surface area (Å²) in [5, 5.41) is 0. The zero-order valence-corrected chi connectivity index (χ0v) is 25.8. The van der Waals surface area contributed by atoms with E-state index < -0.39 is 17.9 Å². The molecule has 0 radical (unpaired) electrons. The van der Waals surface area contributed by atoms with Gasteiger partial charge in [0.2, 0.25) is 0 Å². The fourth-order valence-corrected chi connectivity index (χ4v) is 5.43. The number of esters is 2. The number of ether oxygens (including phenoxy) is 5.